The minimum Gasteiger partial charge on any atom is -0.282 e. The number of aromatic nitrogens is 2. The first-order valence-electron chi connectivity index (χ1n) is 10.1. The van der Waals surface area contributed by atoms with E-state index in [1.165, 1.54) is 5.56 Å². The Balaban J connectivity index is 2.06. The van der Waals surface area contributed by atoms with Crippen LogP contribution in [0.1, 0.15) is 26.3 Å². The summed E-state index contributed by atoms with van der Waals surface area (Å²) < 4.78 is 7.02. The molecule has 0 spiro atoms. The van der Waals surface area contributed by atoms with Crippen molar-refractivity contribution >= 4 is 16.4 Å². The number of nitrogens with zero attached hydrogens (tertiary/aromatic N) is 1. The average molecular weight is 395 g/mol. The Labute approximate surface area is 174 Å². The lowest BCUT2D eigenvalue weighted by Gasteiger charge is -2.20. The van der Waals surface area contributed by atoms with Crippen LogP contribution in [0.15, 0.2) is 88.2 Å². The highest BCUT2D eigenvalue weighted by molar-refractivity contribution is 6.05. The first-order valence-corrected chi connectivity index (χ1v) is 10.1. The first-order chi connectivity index (χ1) is 14.4. The van der Waals surface area contributed by atoms with E-state index in [9.17, 15) is 4.79 Å². The van der Waals surface area contributed by atoms with Crippen molar-refractivity contribution in [3.8, 4) is 22.3 Å². The SMILES string of the molecule is CC(C)(C)c1ccc2c(c1)c(-c1ccccc1)c(-c1ccccc1)c1c(=O)o[nH][n+]12. The zero-order chi connectivity index (χ0) is 20.9. The zero-order valence-corrected chi connectivity index (χ0v) is 17.3. The zero-order valence-electron chi connectivity index (χ0n) is 17.3. The summed E-state index contributed by atoms with van der Waals surface area (Å²) in [4.78, 5) is 12.8. The molecule has 0 amide bonds. The van der Waals surface area contributed by atoms with Gasteiger partial charge < -0.3 is 0 Å². The third-order valence-electron chi connectivity index (χ3n) is 5.63. The molecule has 3 aromatic carbocycles. The number of aromatic amines is 1. The van der Waals surface area contributed by atoms with Gasteiger partial charge in [-0.1, -0.05) is 87.5 Å². The van der Waals surface area contributed by atoms with Crippen molar-refractivity contribution in [2.75, 3.05) is 0 Å². The lowest BCUT2D eigenvalue weighted by atomic mass is 9.84. The van der Waals surface area contributed by atoms with Crippen LogP contribution in [0, 0.1) is 0 Å². The van der Waals surface area contributed by atoms with Crippen LogP contribution in [0.25, 0.3) is 38.7 Å². The molecule has 0 aliphatic rings. The van der Waals surface area contributed by atoms with Crippen LogP contribution in [-0.2, 0) is 5.41 Å². The molecule has 2 aromatic heterocycles. The van der Waals surface area contributed by atoms with Gasteiger partial charge in [0.1, 0.15) is 0 Å². The van der Waals surface area contributed by atoms with Gasteiger partial charge in [0.05, 0.1) is 10.9 Å². The first kappa shape index (κ1) is 18.4. The molecule has 0 saturated heterocycles. The Bertz CT molecular complexity index is 1420. The molecule has 0 atom stereocenters. The van der Waals surface area contributed by atoms with Gasteiger partial charge in [-0.25, -0.2) is 4.79 Å². The van der Waals surface area contributed by atoms with E-state index in [1.807, 2.05) is 48.5 Å². The van der Waals surface area contributed by atoms with Crippen LogP contribution in [0.5, 0.6) is 0 Å². The fraction of sp³-hybridized carbons (Fsp3) is 0.154. The van der Waals surface area contributed by atoms with E-state index in [2.05, 4.69) is 56.4 Å². The van der Waals surface area contributed by atoms with Crippen molar-refractivity contribution in [2.45, 2.75) is 26.2 Å². The van der Waals surface area contributed by atoms with Gasteiger partial charge in [0, 0.05) is 11.6 Å². The Hall–Kier alpha value is -3.66. The van der Waals surface area contributed by atoms with Crippen LogP contribution < -0.4 is 10.1 Å². The summed E-state index contributed by atoms with van der Waals surface area (Å²) in [5.74, 6) is 0. The number of hydrogen-bond donors (Lipinski definition) is 1. The van der Waals surface area contributed by atoms with E-state index in [1.54, 1.807) is 4.52 Å². The quantitative estimate of drug-likeness (QED) is 0.402. The molecule has 0 saturated carbocycles. The molecule has 0 aliphatic carbocycles. The molecular weight excluding hydrogens is 372 g/mol. The van der Waals surface area contributed by atoms with Gasteiger partial charge in [0.2, 0.25) is 5.52 Å². The molecule has 0 radical (unpaired) electrons. The number of fused-ring (bicyclic) bond motifs is 3. The molecular formula is C26H23N2O2+. The van der Waals surface area contributed by atoms with Gasteiger partial charge in [-0.05, 0) is 38.0 Å². The highest BCUT2D eigenvalue weighted by Gasteiger charge is 2.29. The maximum absolute atomic E-state index is 12.8. The van der Waals surface area contributed by atoms with E-state index in [0.29, 0.717) is 5.52 Å². The Morgan fingerprint density at radius 1 is 0.800 bits per heavy atom. The largest absolute Gasteiger partial charge is 0.435 e. The van der Waals surface area contributed by atoms with Crippen molar-refractivity contribution in [3.05, 3.63) is 94.8 Å². The van der Waals surface area contributed by atoms with E-state index in [4.69, 9.17) is 4.52 Å². The minimum absolute atomic E-state index is 0.00150. The summed E-state index contributed by atoms with van der Waals surface area (Å²) in [6, 6.07) is 26.7. The lowest BCUT2D eigenvalue weighted by molar-refractivity contribution is -0.567. The summed E-state index contributed by atoms with van der Waals surface area (Å²) in [5.41, 5.74) is 6.21. The van der Waals surface area contributed by atoms with Crippen molar-refractivity contribution in [3.63, 3.8) is 0 Å². The van der Waals surface area contributed by atoms with Gasteiger partial charge in [-0.2, -0.15) is 0 Å². The van der Waals surface area contributed by atoms with Crippen molar-refractivity contribution < 1.29 is 9.04 Å². The second-order valence-electron chi connectivity index (χ2n) is 8.63. The topological polar surface area (TPSA) is 50.1 Å². The molecule has 0 bridgehead atoms. The molecule has 0 unspecified atom stereocenters. The van der Waals surface area contributed by atoms with E-state index in [0.717, 1.165) is 33.2 Å². The number of H-pyrrole nitrogens is 1. The van der Waals surface area contributed by atoms with E-state index in [-0.39, 0.29) is 11.0 Å². The predicted molar refractivity (Wildman–Crippen MR) is 120 cm³/mol. The summed E-state index contributed by atoms with van der Waals surface area (Å²) >= 11 is 0. The number of hydrogen-bond acceptors (Lipinski definition) is 2. The molecule has 1 N–H and O–H groups in total. The molecule has 0 aliphatic heterocycles. The predicted octanol–water partition coefficient (Wildman–Crippen LogP) is 5.49. The van der Waals surface area contributed by atoms with Crippen LogP contribution in [0.2, 0.25) is 0 Å². The van der Waals surface area contributed by atoms with Gasteiger partial charge in [-0.3, -0.25) is 4.52 Å². The molecule has 148 valence electrons. The molecule has 30 heavy (non-hydrogen) atoms. The van der Waals surface area contributed by atoms with Crippen molar-refractivity contribution in [1.29, 1.82) is 0 Å². The minimum atomic E-state index is -0.382. The molecule has 0 fully saturated rings. The molecule has 5 aromatic rings. The fourth-order valence-corrected chi connectivity index (χ4v) is 4.10. The normalized spacial score (nSPS) is 12.0. The Morgan fingerprint density at radius 2 is 1.40 bits per heavy atom. The van der Waals surface area contributed by atoms with Gasteiger partial charge in [-0.15, -0.1) is 0 Å². The van der Waals surface area contributed by atoms with Crippen LogP contribution in [-0.4, -0.2) is 5.27 Å². The summed E-state index contributed by atoms with van der Waals surface area (Å²) in [5, 5.41) is 3.88. The smallest absolute Gasteiger partial charge is 0.282 e. The molecule has 5 rings (SSSR count). The lowest BCUT2D eigenvalue weighted by Crippen LogP contribution is -2.27. The van der Waals surface area contributed by atoms with Gasteiger partial charge in [0.15, 0.2) is 0 Å². The number of benzene rings is 3. The number of nitrogens with one attached hydrogen (secondary N) is 1. The Kier molecular flexibility index (Phi) is 4.10. The van der Waals surface area contributed by atoms with Crippen LogP contribution in [0.3, 0.4) is 0 Å². The van der Waals surface area contributed by atoms with E-state index < -0.39 is 0 Å². The second kappa shape index (κ2) is 6.70. The average Bonchev–Trinajstić information content (AvgIpc) is 3.14. The maximum Gasteiger partial charge on any atom is 0.435 e. The maximum atomic E-state index is 12.8. The van der Waals surface area contributed by atoms with Crippen molar-refractivity contribution in [2.24, 2.45) is 0 Å². The number of pyridine rings is 1. The molecule has 4 nitrogen and oxygen atoms in total. The molecule has 4 heteroatoms. The van der Waals surface area contributed by atoms with Crippen LogP contribution in [0.4, 0.5) is 0 Å². The standard InChI is InChI=1S/C26H22N2O2/c1-26(2,3)19-14-15-21-20(16-19)22(17-10-6-4-7-11-17)23(18-12-8-5-9-13-18)24-25(29)30-27-28(21)24/h4-16H,1-3H3/p+1. The summed E-state index contributed by atoms with van der Waals surface area (Å²) in [6.07, 6.45) is 0. The van der Waals surface area contributed by atoms with E-state index >= 15 is 0 Å². The number of rotatable bonds is 2. The monoisotopic (exact) mass is 395 g/mol. The molecule has 2 heterocycles. The second-order valence-corrected chi connectivity index (χ2v) is 8.63. The summed E-state index contributed by atoms with van der Waals surface area (Å²) in [7, 11) is 0. The third kappa shape index (κ3) is 2.84. The van der Waals surface area contributed by atoms with Crippen LogP contribution >= 0.6 is 0 Å². The highest BCUT2D eigenvalue weighted by Crippen LogP contribution is 2.39. The summed E-state index contributed by atoms with van der Waals surface area (Å²) in [6.45, 7) is 6.62. The van der Waals surface area contributed by atoms with Gasteiger partial charge in [0.25, 0.3) is 0 Å². The highest BCUT2D eigenvalue weighted by atomic mass is 16.5. The Morgan fingerprint density at radius 3 is 2.00 bits per heavy atom. The van der Waals surface area contributed by atoms with Gasteiger partial charge >= 0.3 is 11.1 Å². The third-order valence-corrected chi connectivity index (χ3v) is 5.63. The fourth-order valence-electron chi connectivity index (χ4n) is 4.10. The van der Waals surface area contributed by atoms with Crippen molar-refractivity contribution in [1.82, 2.24) is 5.27 Å².